The largest absolute Gasteiger partial charge is 0.338 e. The van der Waals surface area contributed by atoms with Crippen LogP contribution in [0.3, 0.4) is 0 Å². The third-order valence-electron chi connectivity index (χ3n) is 4.56. The zero-order chi connectivity index (χ0) is 16.8. The third-order valence-corrected chi connectivity index (χ3v) is 5.64. The minimum absolute atomic E-state index is 0.111. The summed E-state index contributed by atoms with van der Waals surface area (Å²) in [6.45, 7) is 0.595. The van der Waals surface area contributed by atoms with Crippen LogP contribution in [0.1, 0.15) is 18.4 Å². The van der Waals surface area contributed by atoms with Crippen molar-refractivity contribution in [1.29, 1.82) is 0 Å². The van der Waals surface area contributed by atoms with Gasteiger partial charge in [0.05, 0.1) is 12.7 Å². The average Bonchev–Trinajstić information content (AvgIpc) is 3.00. The summed E-state index contributed by atoms with van der Waals surface area (Å²) >= 11 is 5.97. The molecule has 0 spiro atoms. The Morgan fingerprint density at radius 3 is 2.78 bits per heavy atom. The van der Waals surface area contributed by atoms with Crippen LogP contribution in [0.15, 0.2) is 18.2 Å². The number of sulfonamides is 1. The zero-order valence-electron chi connectivity index (χ0n) is 12.6. The molecule has 3 atom stereocenters. The zero-order valence-corrected chi connectivity index (χ0v) is 14.2. The number of carbonyl (C=O) groups excluding carboxylic acids is 1. The van der Waals surface area contributed by atoms with Gasteiger partial charge in [-0.05, 0) is 30.9 Å². The molecule has 23 heavy (non-hydrogen) atoms. The molecule has 1 heterocycles. The Hall–Kier alpha value is -1.18. The Kier molecular flexibility index (Phi) is 4.37. The number of benzene rings is 1. The van der Waals surface area contributed by atoms with Crippen molar-refractivity contribution in [2.75, 3.05) is 12.8 Å². The fourth-order valence-corrected chi connectivity index (χ4v) is 4.70. The van der Waals surface area contributed by atoms with Crippen molar-refractivity contribution in [1.82, 2.24) is 9.62 Å². The standard InChI is InChI=1S/C15H18ClFN2O3S/c1-23(21,22)18-13-5-9-6-14(13)19(8-9)15(20)7-10-11(16)3-2-4-12(10)17/h2-4,9,13-14,18H,5-8H2,1H3/t9-,13+,14-/m1/s1. The number of piperidine rings is 1. The quantitative estimate of drug-likeness (QED) is 0.886. The number of halogens is 2. The highest BCUT2D eigenvalue weighted by atomic mass is 35.5. The molecule has 0 unspecified atom stereocenters. The summed E-state index contributed by atoms with van der Waals surface area (Å²) in [6, 6.07) is 3.91. The Bertz CT molecular complexity index is 720. The second-order valence-corrected chi connectivity index (χ2v) is 8.51. The van der Waals surface area contributed by atoms with Crippen molar-refractivity contribution >= 4 is 27.5 Å². The van der Waals surface area contributed by atoms with Crippen molar-refractivity contribution in [2.45, 2.75) is 31.3 Å². The van der Waals surface area contributed by atoms with Gasteiger partial charge < -0.3 is 4.90 Å². The molecule has 1 saturated heterocycles. The minimum Gasteiger partial charge on any atom is -0.338 e. The molecule has 2 aliphatic rings. The van der Waals surface area contributed by atoms with E-state index < -0.39 is 15.8 Å². The van der Waals surface area contributed by atoms with E-state index in [1.54, 1.807) is 11.0 Å². The number of fused-ring (bicyclic) bond motifs is 2. The second kappa shape index (κ2) is 6.03. The van der Waals surface area contributed by atoms with Gasteiger partial charge in [-0.15, -0.1) is 0 Å². The number of hydrogen-bond acceptors (Lipinski definition) is 3. The molecule has 126 valence electrons. The van der Waals surface area contributed by atoms with Crippen LogP contribution in [0, 0.1) is 11.7 Å². The number of likely N-dealkylation sites (tertiary alicyclic amines) is 1. The fourth-order valence-electron chi connectivity index (χ4n) is 3.67. The van der Waals surface area contributed by atoms with E-state index in [1.807, 2.05) is 0 Å². The van der Waals surface area contributed by atoms with E-state index in [4.69, 9.17) is 11.6 Å². The Balaban J connectivity index is 1.74. The Morgan fingerprint density at radius 1 is 1.43 bits per heavy atom. The number of amides is 1. The lowest BCUT2D eigenvalue weighted by atomic mass is 10.0. The molecule has 8 heteroatoms. The first-order valence-electron chi connectivity index (χ1n) is 7.44. The lowest BCUT2D eigenvalue weighted by Gasteiger charge is -2.33. The molecule has 0 aromatic heterocycles. The van der Waals surface area contributed by atoms with Gasteiger partial charge in [0.1, 0.15) is 5.82 Å². The second-order valence-electron chi connectivity index (χ2n) is 6.32. The van der Waals surface area contributed by atoms with Crippen LogP contribution in [0.5, 0.6) is 0 Å². The van der Waals surface area contributed by atoms with Crippen molar-refractivity contribution in [3.63, 3.8) is 0 Å². The van der Waals surface area contributed by atoms with E-state index in [2.05, 4.69) is 4.72 Å². The summed E-state index contributed by atoms with van der Waals surface area (Å²) in [5.41, 5.74) is 0.189. The first-order valence-corrected chi connectivity index (χ1v) is 9.71. The molecule has 5 nitrogen and oxygen atoms in total. The summed E-state index contributed by atoms with van der Waals surface area (Å²) < 4.78 is 39.3. The smallest absolute Gasteiger partial charge is 0.227 e. The van der Waals surface area contributed by atoms with Crippen molar-refractivity contribution in [3.05, 3.63) is 34.6 Å². The summed E-state index contributed by atoms with van der Waals surface area (Å²) in [5, 5.41) is 0.230. The van der Waals surface area contributed by atoms with Crippen LogP contribution in [-0.2, 0) is 21.2 Å². The first kappa shape index (κ1) is 16.7. The molecule has 3 rings (SSSR count). The van der Waals surface area contributed by atoms with Crippen molar-refractivity contribution in [2.24, 2.45) is 5.92 Å². The highest BCUT2D eigenvalue weighted by Crippen LogP contribution is 2.38. The van der Waals surface area contributed by atoms with Gasteiger partial charge in [0.25, 0.3) is 0 Å². The summed E-state index contributed by atoms with van der Waals surface area (Å²) in [6.07, 6.45) is 2.52. The molecule has 1 amide bonds. The molecule has 1 aromatic rings. The molecule has 0 radical (unpaired) electrons. The molecule has 2 bridgehead atoms. The van der Waals surface area contributed by atoms with E-state index in [0.29, 0.717) is 12.5 Å². The predicted molar refractivity (Wildman–Crippen MR) is 85.1 cm³/mol. The number of rotatable bonds is 4. The maximum Gasteiger partial charge on any atom is 0.227 e. The van der Waals surface area contributed by atoms with Gasteiger partial charge in [-0.3, -0.25) is 4.79 Å². The number of nitrogens with one attached hydrogen (secondary N) is 1. The third kappa shape index (κ3) is 3.51. The lowest BCUT2D eigenvalue weighted by molar-refractivity contribution is -0.132. The van der Waals surface area contributed by atoms with Crippen LogP contribution >= 0.6 is 11.6 Å². The summed E-state index contributed by atoms with van der Waals surface area (Å²) in [7, 11) is -3.32. The van der Waals surface area contributed by atoms with Crippen molar-refractivity contribution < 1.29 is 17.6 Å². The van der Waals surface area contributed by atoms with Crippen molar-refractivity contribution in [3.8, 4) is 0 Å². The maximum atomic E-state index is 13.8. The van der Waals surface area contributed by atoms with E-state index in [9.17, 15) is 17.6 Å². The molecule has 1 aliphatic heterocycles. The highest BCUT2D eigenvalue weighted by molar-refractivity contribution is 7.88. The SMILES string of the molecule is CS(=O)(=O)N[C@H]1C[C@@H]2C[C@H]1N(C(=O)Cc1c(F)cccc1Cl)C2. The average molecular weight is 361 g/mol. The molecule has 1 aliphatic carbocycles. The molecular formula is C15H18ClFN2O3S. The maximum absolute atomic E-state index is 13.8. The van der Waals surface area contributed by atoms with Crippen LogP contribution in [0.25, 0.3) is 0 Å². The van der Waals surface area contributed by atoms with Crippen LogP contribution in [0.4, 0.5) is 4.39 Å². The van der Waals surface area contributed by atoms with Gasteiger partial charge >= 0.3 is 0 Å². The van der Waals surface area contributed by atoms with E-state index in [-0.39, 0.29) is 35.0 Å². The lowest BCUT2D eigenvalue weighted by Crippen LogP contribution is -2.52. The Labute approximate surface area is 139 Å². The molecule has 1 N–H and O–H groups in total. The van der Waals surface area contributed by atoms with Gasteiger partial charge in [-0.2, -0.15) is 0 Å². The van der Waals surface area contributed by atoms with Crippen LogP contribution in [0.2, 0.25) is 5.02 Å². The van der Waals surface area contributed by atoms with Gasteiger partial charge in [0.15, 0.2) is 0 Å². The predicted octanol–water partition coefficient (Wildman–Crippen LogP) is 1.56. The topological polar surface area (TPSA) is 66.5 Å². The fraction of sp³-hybridized carbons (Fsp3) is 0.533. The number of hydrogen-bond donors (Lipinski definition) is 1. The van der Waals surface area contributed by atoms with Gasteiger partial charge in [-0.25, -0.2) is 17.5 Å². The Morgan fingerprint density at radius 2 is 2.17 bits per heavy atom. The van der Waals surface area contributed by atoms with Crippen LogP contribution < -0.4 is 4.72 Å². The monoisotopic (exact) mass is 360 g/mol. The van der Waals surface area contributed by atoms with Gasteiger partial charge in [-0.1, -0.05) is 17.7 Å². The molecule has 2 fully saturated rings. The molecule has 1 saturated carbocycles. The van der Waals surface area contributed by atoms with E-state index in [0.717, 1.165) is 19.1 Å². The van der Waals surface area contributed by atoms with Crippen LogP contribution in [-0.4, -0.2) is 44.1 Å². The normalized spacial score (nSPS) is 26.7. The number of carbonyl (C=O) groups is 1. The highest BCUT2D eigenvalue weighted by Gasteiger charge is 2.47. The number of nitrogens with zero attached hydrogens (tertiary/aromatic N) is 1. The minimum atomic E-state index is -3.32. The van der Waals surface area contributed by atoms with E-state index in [1.165, 1.54) is 12.1 Å². The molecule has 1 aromatic carbocycles. The van der Waals surface area contributed by atoms with Gasteiger partial charge in [0.2, 0.25) is 15.9 Å². The molecular weight excluding hydrogens is 343 g/mol. The summed E-state index contributed by atoms with van der Waals surface area (Å²) in [4.78, 5) is 14.2. The van der Waals surface area contributed by atoms with E-state index >= 15 is 0 Å². The first-order chi connectivity index (χ1) is 10.7. The van der Waals surface area contributed by atoms with Gasteiger partial charge in [0, 0.05) is 29.2 Å². The summed E-state index contributed by atoms with van der Waals surface area (Å²) in [5.74, 6) is -0.426.